The monoisotopic (exact) mass is 331 g/mol. The van der Waals surface area contributed by atoms with Crippen LogP contribution in [0, 0.1) is 5.41 Å². The van der Waals surface area contributed by atoms with Gasteiger partial charge in [0.25, 0.3) is 5.91 Å². The van der Waals surface area contributed by atoms with E-state index in [4.69, 9.17) is 5.73 Å². The van der Waals surface area contributed by atoms with Gasteiger partial charge in [-0.3, -0.25) is 9.48 Å². The Kier molecular flexibility index (Phi) is 5.38. The summed E-state index contributed by atoms with van der Waals surface area (Å²) in [6.45, 7) is 9.94. The number of primary amides is 1. The van der Waals surface area contributed by atoms with E-state index in [0.29, 0.717) is 18.3 Å². The zero-order valence-corrected chi connectivity index (χ0v) is 14.6. The van der Waals surface area contributed by atoms with Gasteiger partial charge in [-0.25, -0.2) is 4.98 Å². The van der Waals surface area contributed by atoms with Crippen LogP contribution in [0.1, 0.15) is 44.5 Å². The number of hydrogen-bond donors (Lipinski definition) is 3. The van der Waals surface area contributed by atoms with Gasteiger partial charge in [-0.15, -0.1) is 0 Å². The summed E-state index contributed by atoms with van der Waals surface area (Å²) in [5, 5.41) is 10.4. The van der Waals surface area contributed by atoms with Gasteiger partial charge in [-0.05, 0) is 18.8 Å². The molecule has 0 saturated heterocycles. The zero-order valence-electron chi connectivity index (χ0n) is 14.6. The Balaban J connectivity index is 2.15. The minimum absolute atomic E-state index is 0.183. The van der Waals surface area contributed by atoms with Crippen molar-refractivity contribution in [3.63, 3.8) is 0 Å². The molecule has 2 rings (SSSR count). The molecule has 0 unspecified atom stereocenters. The second-order valence-electron chi connectivity index (χ2n) is 6.77. The van der Waals surface area contributed by atoms with Crippen LogP contribution in [0.5, 0.6) is 0 Å². The fourth-order valence-electron chi connectivity index (χ4n) is 2.04. The lowest BCUT2D eigenvalue weighted by molar-refractivity contribution is 0.100. The molecule has 2 aromatic rings. The highest BCUT2D eigenvalue weighted by molar-refractivity contribution is 5.97. The van der Waals surface area contributed by atoms with Crippen LogP contribution in [0.2, 0.25) is 0 Å². The van der Waals surface area contributed by atoms with Crippen molar-refractivity contribution in [2.24, 2.45) is 11.1 Å². The summed E-state index contributed by atoms with van der Waals surface area (Å²) in [6, 6.07) is 0. The van der Waals surface area contributed by atoms with Gasteiger partial charge in [-0.1, -0.05) is 20.8 Å². The van der Waals surface area contributed by atoms with E-state index in [1.54, 1.807) is 10.9 Å². The lowest BCUT2D eigenvalue weighted by Gasteiger charge is -2.19. The van der Waals surface area contributed by atoms with Crippen LogP contribution in [0.15, 0.2) is 18.6 Å². The number of rotatable bonds is 7. The van der Waals surface area contributed by atoms with Gasteiger partial charge in [0.2, 0.25) is 5.95 Å². The van der Waals surface area contributed by atoms with Gasteiger partial charge in [0.1, 0.15) is 5.82 Å². The topological polar surface area (TPSA) is 111 Å². The van der Waals surface area contributed by atoms with E-state index in [9.17, 15) is 4.79 Å². The molecule has 4 N–H and O–H groups in total. The van der Waals surface area contributed by atoms with Crippen molar-refractivity contribution in [1.29, 1.82) is 0 Å². The second-order valence-corrected chi connectivity index (χ2v) is 6.77. The van der Waals surface area contributed by atoms with Crippen molar-refractivity contribution in [2.45, 2.75) is 40.7 Å². The Hall–Kier alpha value is -2.64. The third kappa shape index (κ3) is 4.94. The van der Waals surface area contributed by atoms with Gasteiger partial charge in [0.05, 0.1) is 17.4 Å². The largest absolute Gasteiger partial charge is 0.369 e. The molecule has 2 heterocycles. The number of aromatic nitrogens is 4. The second kappa shape index (κ2) is 7.29. The summed E-state index contributed by atoms with van der Waals surface area (Å²) in [6.07, 6.45) is 5.92. The Bertz CT molecular complexity index is 703. The predicted molar refractivity (Wildman–Crippen MR) is 94.3 cm³/mol. The van der Waals surface area contributed by atoms with Crippen molar-refractivity contribution >= 4 is 23.4 Å². The normalized spacial score (nSPS) is 11.3. The molecule has 0 aliphatic rings. The molecular formula is C16H25N7O. The van der Waals surface area contributed by atoms with Gasteiger partial charge in [0.15, 0.2) is 0 Å². The van der Waals surface area contributed by atoms with Gasteiger partial charge < -0.3 is 16.4 Å². The molecule has 8 nitrogen and oxygen atoms in total. The standard InChI is InChI=1S/C16H25N7O/c1-5-23-10-11(8-20-23)21-15-19-9-12(13(17)24)14(22-15)18-7-6-16(2,3)4/h8-10H,5-7H2,1-4H3,(H2,17,24)(H2,18,19,21,22). The van der Waals surface area contributed by atoms with Crippen LogP contribution in [-0.4, -0.2) is 32.2 Å². The van der Waals surface area contributed by atoms with Gasteiger partial charge in [0, 0.05) is 25.5 Å². The molecule has 0 aliphatic carbocycles. The van der Waals surface area contributed by atoms with Crippen LogP contribution in [0.25, 0.3) is 0 Å². The van der Waals surface area contributed by atoms with Crippen molar-refractivity contribution in [2.75, 3.05) is 17.2 Å². The van der Waals surface area contributed by atoms with Crippen LogP contribution < -0.4 is 16.4 Å². The molecule has 0 spiro atoms. The minimum Gasteiger partial charge on any atom is -0.369 e. The number of nitrogens with two attached hydrogens (primary N) is 1. The van der Waals surface area contributed by atoms with Gasteiger partial charge in [-0.2, -0.15) is 10.1 Å². The molecule has 8 heteroatoms. The Morgan fingerprint density at radius 1 is 1.33 bits per heavy atom. The molecule has 0 bridgehead atoms. The van der Waals surface area contributed by atoms with Crippen LogP contribution in [0.3, 0.4) is 0 Å². The highest BCUT2D eigenvalue weighted by atomic mass is 16.1. The molecule has 1 amide bonds. The van der Waals surface area contributed by atoms with E-state index in [2.05, 4.69) is 46.5 Å². The summed E-state index contributed by atoms with van der Waals surface area (Å²) in [5.41, 5.74) is 6.65. The summed E-state index contributed by atoms with van der Waals surface area (Å²) in [4.78, 5) is 20.1. The van der Waals surface area contributed by atoms with E-state index in [0.717, 1.165) is 18.7 Å². The molecule has 0 aromatic carbocycles. The maximum Gasteiger partial charge on any atom is 0.254 e. The quantitative estimate of drug-likeness (QED) is 0.718. The number of anilines is 3. The number of nitrogens with zero attached hydrogens (tertiary/aromatic N) is 4. The Labute approximate surface area is 141 Å². The number of carbonyl (C=O) groups is 1. The SMILES string of the molecule is CCn1cc(Nc2ncc(C(N)=O)c(NCCC(C)(C)C)n2)cn1. The first-order valence-corrected chi connectivity index (χ1v) is 7.98. The molecule has 0 saturated carbocycles. The summed E-state index contributed by atoms with van der Waals surface area (Å²) < 4.78 is 1.79. The van der Waals surface area contributed by atoms with Crippen molar-refractivity contribution in [1.82, 2.24) is 19.7 Å². The number of amides is 1. The molecule has 0 fully saturated rings. The molecular weight excluding hydrogens is 306 g/mol. The van der Waals surface area contributed by atoms with E-state index < -0.39 is 5.91 Å². The number of carbonyl (C=O) groups excluding carboxylic acids is 1. The summed E-state index contributed by atoms with van der Waals surface area (Å²) >= 11 is 0. The zero-order chi connectivity index (χ0) is 17.7. The average Bonchev–Trinajstić information content (AvgIpc) is 2.93. The first kappa shape index (κ1) is 17.7. The molecule has 130 valence electrons. The third-order valence-corrected chi connectivity index (χ3v) is 3.44. The van der Waals surface area contributed by atoms with E-state index >= 15 is 0 Å². The number of nitrogens with one attached hydrogen (secondary N) is 2. The van der Waals surface area contributed by atoms with Gasteiger partial charge >= 0.3 is 0 Å². The maximum absolute atomic E-state index is 11.6. The summed E-state index contributed by atoms with van der Waals surface area (Å²) in [7, 11) is 0. The van der Waals surface area contributed by atoms with E-state index in [-0.39, 0.29) is 11.0 Å². The Morgan fingerprint density at radius 2 is 2.08 bits per heavy atom. The first-order valence-electron chi connectivity index (χ1n) is 7.98. The highest BCUT2D eigenvalue weighted by Crippen LogP contribution is 2.20. The van der Waals surface area contributed by atoms with Crippen molar-refractivity contribution < 1.29 is 4.79 Å². The molecule has 24 heavy (non-hydrogen) atoms. The fraction of sp³-hybridized carbons (Fsp3) is 0.500. The highest BCUT2D eigenvalue weighted by Gasteiger charge is 2.14. The number of hydrogen-bond acceptors (Lipinski definition) is 6. The fourth-order valence-corrected chi connectivity index (χ4v) is 2.04. The first-order chi connectivity index (χ1) is 11.3. The molecule has 0 aliphatic heterocycles. The Morgan fingerprint density at radius 3 is 2.67 bits per heavy atom. The van der Waals surface area contributed by atoms with Crippen molar-refractivity contribution in [3.8, 4) is 0 Å². The number of aryl methyl sites for hydroxylation is 1. The van der Waals surface area contributed by atoms with Crippen LogP contribution in [-0.2, 0) is 6.54 Å². The maximum atomic E-state index is 11.6. The lowest BCUT2D eigenvalue weighted by Crippen LogP contribution is -2.19. The molecule has 0 atom stereocenters. The summed E-state index contributed by atoms with van der Waals surface area (Å²) in [5.74, 6) is 0.264. The third-order valence-electron chi connectivity index (χ3n) is 3.44. The van der Waals surface area contributed by atoms with Crippen LogP contribution >= 0.6 is 0 Å². The van der Waals surface area contributed by atoms with E-state index in [1.807, 2.05) is 13.1 Å². The minimum atomic E-state index is -0.557. The average molecular weight is 331 g/mol. The lowest BCUT2D eigenvalue weighted by atomic mass is 9.92. The molecule has 2 aromatic heterocycles. The predicted octanol–water partition coefficient (Wildman–Crippen LogP) is 2.38. The van der Waals surface area contributed by atoms with Crippen molar-refractivity contribution in [3.05, 3.63) is 24.2 Å². The van der Waals surface area contributed by atoms with Crippen LogP contribution in [0.4, 0.5) is 17.5 Å². The smallest absolute Gasteiger partial charge is 0.254 e. The van der Waals surface area contributed by atoms with E-state index in [1.165, 1.54) is 6.20 Å². The molecule has 0 radical (unpaired) electrons.